The van der Waals surface area contributed by atoms with Crippen molar-refractivity contribution in [3.63, 3.8) is 0 Å². The molecule has 0 aliphatic heterocycles. The third kappa shape index (κ3) is 3.01. The average molecular weight is 350 g/mol. The molecule has 0 aromatic heterocycles. The SMILES string of the molecule is c1cccc(O[Si](c2ccccc2)(c2ccccc2)c2ccccc2)c#1. The minimum absolute atomic E-state index is 0.718. The Morgan fingerprint density at radius 3 is 1.38 bits per heavy atom. The second kappa shape index (κ2) is 7.31. The van der Waals surface area contributed by atoms with Crippen LogP contribution in [0.5, 0.6) is 5.75 Å². The highest BCUT2D eigenvalue weighted by Gasteiger charge is 2.43. The fourth-order valence-corrected chi connectivity index (χ4v) is 7.05. The molecule has 124 valence electrons. The maximum Gasteiger partial charge on any atom is 0.347 e. The zero-order valence-electron chi connectivity index (χ0n) is 14.3. The van der Waals surface area contributed by atoms with Crippen LogP contribution < -0.4 is 20.0 Å². The van der Waals surface area contributed by atoms with Crippen molar-refractivity contribution in [1.82, 2.24) is 0 Å². The molecule has 0 unspecified atom stereocenters. The highest BCUT2D eigenvalue weighted by molar-refractivity contribution is 7.07. The first-order valence-corrected chi connectivity index (χ1v) is 10.5. The van der Waals surface area contributed by atoms with Crippen molar-refractivity contribution in [2.75, 3.05) is 0 Å². The summed E-state index contributed by atoms with van der Waals surface area (Å²) in [6.45, 7) is 0. The lowest BCUT2D eigenvalue weighted by atomic mass is 10.3. The highest BCUT2D eigenvalue weighted by atomic mass is 28.4. The predicted molar refractivity (Wildman–Crippen MR) is 109 cm³/mol. The van der Waals surface area contributed by atoms with Crippen molar-refractivity contribution in [1.29, 1.82) is 0 Å². The van der Waals surface area contributed by atoms with E-state index in [1.807, 2.05) is 36.4 Å². The largest absolute Gasteiger partial charge is 0.524 e. The van der Waals surface area contributed by atoms with E-state index in [2.05, 4.69) is 84.9 Å². The van der Waals surface area contributed by atoms with E-state index in [1.54, 1.807) is 0 Å². The van der Waals surface area contributed by atoms with Gasteiger partial charge < -0.3 is 4.43 Å². The van der Waals surface area contributed by atoms with Gasteiger partial charge >= 0.3 is 8.32 Å². The summed E-state index contributed by atoms with van der Waals surface area (Å²) in [7, 11) is -2.72. The Morgan fingerprint density at radius 1 is 0.538 bits per heavy atom. The molecule has 0 bridgehead atoms. The minimum Gasteiger partial charge on any atom is -0.524 e. The van der Waals surface area contributed by atoms with E-state index in [0.29, 0.717) is 0 Å². The molecule has 0 aliphatic carbocycles. The minimum atomic E-state index is -2.72. The van der Waals surface area contributed by atoms with Crippen LogP contribution in [0.3, 0.4) is 0 Å². The van der Waals surface area contributed by atoms with Crippen molar-refractivity contribution in [3.8, 4) is 5.75 Å². The molecule has 0 saturated carbocycles. The molecule has 0 radical (unpaired) electrons. The normalized spacial score (nSPS) is 10.8. The summed E-state index contributed by atoms with van der Waals surface area (Å²) in [5.41, 5.74) is 0. The van der Waals surface area contributed by atoms with Crippen LogP contribution in [-0.4, -0.2) is 8.32 Å². The quantitative estimate of drug-likeness (QED) is 0.396. The van der Waals surface area contributed by atoms with E-state index >= 15 is 0 Å². The lowest BCUT2D eigenvalue weighted by Gasteiger charge is -2.32. The summed E-state index contributed by atoms with van der Waals surface area (Å²) in [6.07, 6.45) is 0. The van der Waals surface area contributed by atoms with Gasteiger partial charge in [-0.1, -0.05) is 97.1 Å². The monoisotopic (exact) mass is 350 g/mol. The van der Waals surface area contributed by atoms with Crippen molar-refractivity contribution in [3.05, 3.63) is 121 Å². The van der Waals surface area contributed by atoms with E-state index in [1.165, 1.54) is 15.6 Å². The molecule has 0 spiro atoms. The fraction of sp³-hybridized carbons (Fsp3) is 0. The fourth-order valence-electron chi connectivity index (χ4n) is 3.26. The van der Waals surface area contributed by atoms with Crippen LogP contribution in [0.15, 0.2) is 109 Å². The lowest BCUT2D eigenvalue weighted by molar-refractivity contribution is 0.577. The lowest BCUT2D eigenvalue weighted by Crippen LogP contribution is -2.71. The molecule has 0 amide bonds. The highest BCUT2D eigenvalue weighted by Crippen LogP contribution is 2.15. The van der Waals surface area contributed by atoms with Crippen LogP contribution >= 0.6 is 0 Å². The second-order valence-corrected chi connectivity index (χ2v) is 9.34. The summed E-state index contributed by atoms with van der Waals surface area (Å²) in [5.74, 6) is 0.718. The Morgan fingerprint density at radius 2 is 1.00 bits per heavy atom. The molecule has 4 aromatic rings. The van der Waals surface area contributed by atoms with Crippen LogP contribution in [-0.2, 0) is 0 Å². The van der Waals surface area contributed by atoms with Gasteiger partial charge in [-0.3, -0.25) is 0 Å². The first-order valence-electron chi connectivity index (χ1n) is 8.63. The van der Waals surface area contributed by atoms with Gasteiger partial charge in [0, 0.05) is 0 Å². The van der Waals surface area contributed by atoms with Gasteiger partial charge in [0.05, 0.1) is 0 Å². The molecule has 2 heteroatoms. The molecule has 0 N–H and O–H groups in total. The molecule has 0 atom stereocenters. The molecule has 4 aromatic carbocycles. The molecular weight excluding hydrogens is 332 g/mol. The van der Waals surface area contributed by atoms with Crippen molar-refractivity contribution >= 4 is 23.9 Å². The van der Waals surface area contributed by atoms with Gasteiger partial charge in [0.2, 0.25) is 0 Å². The van der Waals surface area contributed by atoms with E-state index in [4.69, 9.17) is 4.43 Å². The van der Waals surface area contributed by atoms with Gasteiger partial charge in [0.15, 0.2) is 5.75 Å². The number of benzene rings is 3. The standard InChI is InChI=1S/C24H18OSi/c1-5-13-21(14-6-1)25-26(22-15-7-2-8-16-22,23-17-9-3-10-18-23)24-19-11-4-12-20-24/h1-5,7-13,15-20H. The Hall–Kier alpha value is -3.28. The summed E-state index contributed by atoms with van der Waals surface area (Å²) >= 11 is 0. The number of hydrogen-bond donors (Lipinski definition) is 0. The smallest absolute Gasteiger partial charge is 0.347 e. The maximum atomic E-state index is 6.81. The summed E-state index contributed by atoms with van der Waals surface area (Å²) < 4.78 is 6.81. The van der Waals surface area contributed by atoms with Crippen LogP contribution in [0.4, 0.5) is 0 Å². The molecule has 0 aliphatic rings. The van der Waals surface area contributed by atoms with Gasteiger partial charge in [-0.15, -0.1) is 0 Å². The number of rotatable bonds is 5. The maximum absolute atomic E-state index is 6.81. The first-order chi connectivity index (χ1) is 12.9. The van der Waals surface area contributed by atoms with Crippen molar-refractivity contribution in [2.45, 2.75) is 0 Å². The summed E-state index contributed by atoms with van der Waals surface area (Å²) in [6, 6.07) is 43.4. The van der Waals surface area contributed by atoms with E-state index < -0.39 is 8.32 Å². The van der Waals surface area contributed by atoms with Crippen LogP contribution in [0.25, 0.3) is 0 Å². The van der Waals surface area contributed by atoms with E-state index in [9.17, 15) is 0 Å². The average Bonchev–Trinajstić information content (AvgIpc) is 2.75. The molecule has 0 saturated heterocycles. The van der Waals surface area contributed by atoms with E-state index in [0.717, 1.165) is 5.75 Å². The van der Waals surface area contributed by atoms with Crippen LogP contribution in [0.1, 0.15) is 0 Å². The zero-order chi connectivity index (χ0) is 17.7. The van der Waals surface area contributed by atoms with E-state index in [-0.39, 0.29) is 0 Å². The Balaban J connectivity index is 2.00. The van der Waals surface area contributed by atoms with Gasteiger partial charge in [-0.25, -0.2) is 0 Å². The molecule has 0 heterocycles. The topological polar surface area (TPSA) is 9.23 Å². The second-order valence-electron chi connectivity index (χ2n) is 6.04. The third-order valence-corrected chi connectivity index (χ3v) is 8.39. The molecular formula is C24H18OSi. The van der Waals surface area contributed by atoms with Gasteiger partial charge in [0.1, 0.15) is 0 Å². The molecule has 4 rings (SSSR count). The zero-order valence-corrected chi connectivity index (χ0v) is 15.3. The van der Waals surface area contributed by atoms with Crippen molar-refractivity contribution in [2.24, 2.45) is 0 Å². The van der Waals surface area contributed by atoms with Crippen molar-refractivity contribution < 1.29 is 4.43 Å². The van der Waals surface area contributed by atoms with Gasteiger partial charge in [0.25, 0.3) is 0 Å². The Kier molecular flexibility index (Phi) is 4.55. The Labute approximate surface area is 155 Å². The van der Waals surface area contributed by atoms with Crippen LogP contribution in [0.2, 0.25) is 0 Å². The molecule has 1 nitrogen and oxygen atoms in total. The molecule has 0 fully saturated rings. The predicted octanol–water partition coefficient (Wildman–Crippen LogP) is 3.33. The first kappa shape index (κ1) is 16.2. The summed E-state index contributed by atoms with van der Waals surface area (Å²) in [4.78, 5) is 0. The Bertz CT molecular complexity index is 842. The summed E-state index contributed by atoms with van der Waals surface area (Å²) in [5, 5.41) is 3.61. The van der Waals surface area contributed by atoms with Crippen LogP contribution in [0, 0.1) is 12.1 Å². The number of hydrogen-bond acceptors (Lipinski definition) is 1. The van der Waals surface area contributed by atoms with Gasteiger partial charge in [-0.05, 0) is 39.8 Å². The molecule has 26 heavy (non-hydrogen) atoms. The van der Waals surface area contributed by atoms with Gasteiger partial charge in [-0.2, -0.15) is 0 Å². The third-order valence-electron chi connectivity index (χ3n) is 4.43.